The van der Waals surface area contributed by atoms with Gasteiger partial charge in [-0.3, -0.25) is 0 Å². The molecule has 1 N–H and O–H groups in total. The van der Waals surface area contributed by atoms with Gasteiger partial charge in [0, 0.05) is 11.8 Å². The van der Waals surface area contributed by atoms with Gasteiger partial charge < -0.3 is 14.8 Å². The lowest BCUT2D eigenvalue weighted by atomic mass is 9.76. The Bertz CT molecular complexity index is 963. The maximum Gasteiger partial charge on any atom is 0.182 e. The van der Waals surface area contributed by atoms with Gasteiger partial charge in [0.1, 0.15) is 17.2 Å². The minimum atomic E-state index is -0.372. The van der Waals surface area contributed by atoms with E-state index in [1.165, 1.54) is 0 Å². The third-order valence-electron chi connectivity index (χ3n) is 5.79. The van der Waals surface area contributed by atoms with Gasteiger partial charge in [-0.1, -0.05) is 25.1 Å². The zero-order valence-corrected chi connectivity index (χ0v) is 17.1. The summed E-state index contributed by atoms with van der Waals surface area (Å²) < 4.78 is 12.8. The second kappa shape index (κ2) is 8.11. The fourth-order valence-corrected chi connectivity index (χ4v) is 4.09. The van der Waals surface area contributed by atoms with Crippen molar-refractivity contribution < 1.29 is 9.47 Å². The fourth-order valence-electron chi connectivity index (χ4n) is 4.09. The van der Waals surface area contributed by atoms with E-state index in [-0.39, 0.29) is 5.54 Å². The number of rotatable bonds is 6. The highest BCUT2D eigenvalue weighted by molar-refractivity contribution is 5.52. The number of tetrazole rings is 1. The lowest BCUT2D eigenvalue weighted by Gasteiger charge is -2.39. The standard InChI is InChI=1S/C22H27N5O2/c1-16-11-13-22(14-12-16,23-17-7-6-8-18(15-17)28-2)21-24-25-26-27(21)19-9-4-5-10-20(19)29-3/h4-10,15-16,23H,11-14H2,1-3H3. The smallest absolute Gasteiger partial charge is 0.182 e. The highest BCUT2D eigenvalue weighted by atomic mass is 16.5. The molecule has 0 atom stereocenters. The van der Waals surface area contributed by atoms with E-state index in [0.717, 1.165) is 54.4 Å². The van der Waals surface area contributed by atoms with Gasteiger partial charge in [-0.15, -0.1) is 5.10 Å². The number of ether oxygens (including phenoxy) is 2. The second-order valence-electron chi connectivity index (χ2n) is 7.71. The normalized spacial score (nSPS) is 21.6. The molecule has 0 radical (unpaired) electrons. The minimum absolute atomic E-state index is 0.372. The Labute approximate surface area is 171 Å². The Balaban J connectivity index is 1.78. The predicted molar refractivity (Wildman–Crippen MR) is 112 cm³/mol. The van der Waals surface area contributed by atoms with Crippen molar-refractivity contribution >= 4 is 5.69 Å². The number of anilines is 1. The summed E-state index contributed by atoms with van der Waals surface area (Å²) >= 11 is 0. The van der Waals surface area contributed by atoms with E-state index in [4.69, 9.17) is 9.47 Å². The van der Waals surface area contributed by atoms with Crippen LogP contribution in [0.1, 0.15) is 38.4 Å². The summed E-state index contributed by atoms with van der Waals surface area (Å²) in [7, 11) is 3.34. The first-order chi connectivity index (χ1) is 14.1. The van der Waals surface area contributed by atoms with Gasteiger partial charge >= 0.3 is 0 Å². The highest BCUT2D eigenvalue weighted by Gasteiger charge is 2.41. The van der Waals surface area contributed by atoms with Crippen LogP contribution in [0.15, 0.2) is 48.5 Å². The van der Waals surface area contributed by atoms with Crippen molar-refractivity contribution in [2.45, 2.75) is 38.1 Å². The van der Waals surface area contributed by atoms with Gasteiger partial charge in [-0.2, -0.15) is 4.68 Å². The van der Waals surface area contributed by atoms with Crippen LogP contribution in [0.4, 0.5) is 5.69 Å². The van der Waals surface area contributed by atoms with Crippen molar-refractivity contribution in [1.29, 1.82) is 0 Å². The molecule has 29 heavy (non-hydrogen) atoms. The van der Waals surface area contributed by atoms with Crippen LogP contribution < -0.4 is 14.8 Å². The third kappa shape index (κ3) is 3.77. The molecule has 1 fully saturated rings. The molecule has 0 amide bonds. The molecule has 2 aromatic carbocycles. The lowest BCUT2D eigenvalue weighted by molar-refractivity contribution is 0.254. The monoisotopic (exact) mass is 393 g/mol. The van der Waals surface area contributed by atoms with Gasteiger partial charge in [0.25, 0.3) is 0 Å². The molecule has 0 spiro atoms. The van der Waals surface area contributed by atoms with E-state index < -0.39 is 0 Å². The first-order valence-electron chi connectivity index (χ1n) is 10.00. The molecule has 0 aliphatic heterocycles. The Kier molecular flexibility index (Phi) is 5.38. The SMILES string of the molecule is COc1cccc(NC2(c3nnnn3-c3ccccc3OC)CCC(C)CC2)c1. The lowest BCUT2D eigenvalue weighted by Crippen LogP contribution is -2.41. The van der Waals surface area contributed by atoms with Gasteiger partial charge in [-0.05, 0) is 66.3 Å². The van der Waals surface area contributed by atoms with Crippen molar-refractivity contribution in [3.8, 4) is 17.2 Å². The quantitative estimate of drug-likeness (QED) is 0.677. The van der Waals surface area contributed by atoms with Crippen LogP contribution in [0.5, 0.6) is 11.5 Å². The van der Waals surface area contributed by atoms with Crippen molar-refractivity contribution in [2.75, 3.05) is 19.5 Å². The first kappa shape index (κ1) is 19.2. The molecule has 1 aromatic heterocycles. The summed E-state index contributed by atoms with van der Waals surface area (Å²) in [6.07, 6.45) is 4.10. The number of nitrogens with one attached hydrogen (secondary N) is 1. The van der Waals surface area contributed by atoms with Gasteiger partial charge in [-0.25, -0.2) is 0 Å². The van der Waals surface area contributed by atoms with Crippen molar-refractivity contribution in [2.24, 2.45) is 5.92 Å². The van der Waals surface area contributed by atoms with Crippen LogP contribution >= 0.6 is 0 Å². The van der Waals surface area contributed by atoms with E-state index in [1.54, 1.807) is 14.2 Å². The van der Waals surface area contributed by atoms with Gasteiger partial charge in [0.15, 0.2) is 5.82 Å². The largest absolute Gasteiger partial charge is 0.497 e. The Morgan fingerprint density at radius 3 is 2.59 bits per heavy atom. The van der Waals surface area contributed by atoms with E-state index in [1.807, 2.05) is 47.1 Å². The number of methoxy groups -OCH3 is 2. The highest BCUT2D eigenvalue weighted by Crippen LogP contribution is 2.42. The number of para-hydroxylation sites is 2. The van der Waals surface area contributed by atoms with Crippen LogP contribution in [0.2, 0.25) is 0 Å². The van der Waals surface area contributed by atoms with Crippen LogP contribution in [0.25, 0.3) is 5.69 Å². The molecule has 0 saturated heterocycles. The molecule has 7 heteroatoms. The van der Waals surface area contributed by atoms with Crippen LogP contribution in [-0.2, 0) is 5.54 Å². The van der Waals surface area contributed by atoms with E-state index >= 15 is 0 Å². The molecule has 4 rings (SSSR count). The molecule has 1 aliphatic carbocycles. The summed E-state index contributed by atoms with van der Waals surface area (Å²) in [4.78, 5) is 0. The van der Waals surface area contributed by atoms with E-state index in [9.17, 15) is 0 Å². The Hall–Kier alpha value is -3.09. The summed E-state index contributed by atoms with van der Waals surface area (Å²) in [6, 6.07) is 15.8. The number of benzene rings is 2. The van der Waals surface area contributed by atoms with Crippen molar-refractivity contribution in [3.63, 3.8) is 0 Å². The van der Waals surface area contributed by atoms with Gasteiger partial charge in [0.05, 0.1) is 19.8 Å². The molecule has 0 bridgehead atoms. The van der Waals surface area contributed by atoms with E-state index in [0.29, 0.717) is 5.92 Å². The van der Waals surface area contributed by atoms with Crippen molar-refractivity contribution in [1.82, 2.24) is 20.2 Å². The first-order valence-corrected chi connectivity index (χ1v) is 10.00. The zero-order chi connectivity index (χ0) is 20.3. The number of aromatic nitrogens is 4. The number of nitrogens with zero attached hydrogens (tertiary/aromatic N) is 4. The molecule has 7 nitrogen and oxygen atoms in total. The van der Waals surface area contributed by atoms with E-state index in [2.05, 4.69) is 33.8 Å². The zero-order valence-electron chi connectivity index (χ0n) is 17.1. The summed E-state index contributed by atoms with van der Waals surface area (Å²) in [5.74, 6) is 3.04. The maximum absolute atomic E-state index is 5.56. The molecule has 3 aromatic rings. The average molecular weight is 393 g/mol. The molecular weight excluding hydrogens is 366 g/mol. The van der Waals surface area contributed by atoms with Gasteiger partial charge in [0.2, 0.25) is 0 Å². The summed E-state index contributed by atoms with van der Waals surface area (Å²) in [5, 5.41) is 16.6. The fraction of sp³-hybridized carbons (Fsp3) is 0.409. The van der Waals surface area contributed by atoms with Crippen LogP contribution in [-0.4, -0.2) is 34.4 Å². The molecule has 1 heterocycles. The molecular formula is C22H27N5O2. The van der Waals surface area contributed by atoms with Crippen LogP contribution in [0, 0.1) is 5.92 Å². The third-order valence-corrected chi connectivity index (χ3v) is 5.79. The molecule has 152 valence electrons. The maximum atomic E-state index is 5.56. The molecule has 0 unspecified atom stereocenters. The Morgan fingerprint density at radius 1 is 1.03 bits per heavy atom. The molecule has 1 aliphatic rings. The van der Waals surface area contributed by atoms with Crippen molar-refractivity contribution in [3.05, 3.63) is 54.4 Å². The Morgan fingerprint density at radius 2 is 1.83 bits per heavy atom. The molecule has 1 saturated carbocycles. The average Bonchev–Trinajstić information content (AvgIpc) is 3.26. The number of hydrogen-bond donors (Lipinski definition) is 1. The summed E-state index contributed by atoms with van der Waals surface area (Å²) in [6.45, 7) is 2.30. The number of hydrogen-bond acceptors (Lipinski definition) is 6. The van der Waals surface area contributed by atoms with Crippen LogP contribution in [0.3, 0.4) is 0 Å². The second-order valence-corrected chi connectivity index (χ2v) is 7.71. The minimum Gasteiger partial charge on any atom is -0.497 e. The predicted octanol–water partition coefficient (Wildman–Crippen LogP) is 4.20. The summed E-state index contributed by atoms with van der Waals surface area (Å²) in [5.41, 5.74) is 1.46. The topological polar surface area (TPSA) is 74.1 Å².